The van der Waals surface area contributed by atoms with Gasteiger partial charge in [-0.15, -0.1) is 0 Å². The summed E-state index contributed by atoms with van der Waals surface area (Å²) in [6.45, 7) is 5.73. The molecule has 0 bridgehead atoms. The molecule has 1 heterocycles. The SMILES string of the molecule is CCC(C)(CN1CC(C)CS1(=O)=O)C(=O)O. The second kappa shape index (κ2) is 4.33. The summed E-state index contributed by atoms with van der Waals surface area (Å²) < 4.78 is 24.8. The molecule has 5 nitrogen and oxygen atoms in total. The fourth-order valence-electron chi connectivity index (χ4n) is 1.86. The van der Waals surface area contributed by atoms with Crippen LogP contribution in [-0.4, -0.2) is 42.6 Å². The number of aliphatic carboxylic acids is 1. The number of rotatable bonds is 4. The first-order valence-corrected chi connectivity index (χ1v) is 7.03. The molecule has 16 heavy (non-hydrogen) atoms. The Morgan fingerprint density at radius 2 is 2.12 bits per heavy atom. The summed E-state index contributed by atoms with van der Waals surface area (Å²) in [7, 11) is -3.24. The van der Waals surface area contributed by atoms with E-state index in [1.165, 1.54) is 4.31 Å². The number of carbonyl (C=O) groups is 1. The number of hydrogen-bond donors (Lipinski definition) is 1. The first-order chi connectivity index (χ1) is 7.21. The molecule has 0 spiro atoms. The Labute approximate surface area is 96.5 Å². The van der Waals surface area contributed by atoms with Gasteiger partial charge in [-0.2, -0.15) is 0 Å². The van der Waals surface area contributed by atoms with Crippen molar-refractivity contribution in [2.75, 3.05) is 18.8 Å². The molecule has 0 radical (unpaired) electrons. The Bertz CT molecular complexity index is 378. The molecule has 0 amide bonds. The summed E-state index contributed by atoms with van der Waals surface area (Å²) in [6.07, 6.45) is 0.419. The minimum Gasteiger partial charge on any atom is -0.481 e. The molecule has 6 heteroatoms. The number of sulfonamides is 1. The molecule has 0 aromatic rings. The van der Waals surface area contributed by atoms with Crippen molar-refractivity contribution in [3.63, 3.8) is 0 Å². The molecule has 0 aliphatic carbocycles. The van der Waals surface area contributed by atoms with E-state index in [0.29, 0.717) is 13.0 Å². The van der Waals surface area contributed by atoms with Crippen LogP contribution in [0, 0.1) is 11.3 Å². The highest BCUT2D eigenvalue weighted by Gasteiger charge is 2.41. The van der Waals surface area contributed by atoms with Crippen LogP contribution in [0.3, 0.4) is 0 Å². The van der Waals surface area contributed by atoms with Crippen LogP contribution < -0.4 is 0 Å². The van der Waals surface area contributed by atoms with E-state index >= 15 is 0 Å². The molecule has 1 N–H and O–H groups in total. The van der Waals surface area contributed by atoms with Gasteiger partial charge in [0.15, 0.2) is 0 Å². The first-order valence-electron chi connectivity index (χ1n) is 5.42. The second-order valence-corrected chi connectivity index (χ2v) is 6.91. The number of hydrogen-bond acceptors (Lipinski definition) is 3. The Morgan fingerprint density at radius 1 is 1.56 bits per heavy atom. The van der Waals surface area contributed by atoms with Crippen LogP contribution >= 0.6 is 0 Å². The minimum atomic E-state index is -3.24. The molecule has 0 aromatic carbocycles. The molecule has 1 fully saturated rings. The van der Waals surface area contributed by atoms with Crippen molar-refractivity contribution in [3.8, 4) is 0 Å². The Hall–Kier alpha value is -0.620. The zero-order valence-electron chi connectivity index (χ0n) is 9.93. The monoisotopic (exact) mass is 249 g/mol. The molecule has 1 saturated heterocycles. The lowest BCUT2D eigenvalue weighted by Gasteiger charge is -2.27. The van der Waals surface area contributed by atoms with Crippen molar-refractivity contribution < 1.29 is 18.3 Å². The lowest BCUT2D eigenvalue weighted by molar-refractivity contribution is -0.148. The summed E-state index contributed by atoms with van der Waals surface area (Å²) in [5.41, 5.74) is -0.989. The normalized spacial score (nSPS) is 28.8. The maximum Gasteiger partial charge on any atom is 0.310 e. The topological polar surface area (TPSA) is 74.7 Å². The third kappa shape index (κ3) is 2.55. The van der Waals surface area contributed by atoms with Crippen molar-refractivity contribution in [3.05, 3.63) is 0 Å². The molecular formula is C10H19NO4S. The molecule has 2 atom stereocenters. The Morgan fingerprint density at radius 3 is 2.44 bits per heavy atom. The van der Waals surface area contributed by atoms with Crippen LogP contribution in [0.2, 0.25) is 0 Å². The molecule has 1 aliphatic heterocycles. The molecule has 94 valence electrons. The fraction of sp³-hybridized carbons (Fsp3) is 0.900. The largest absolute Gasteiger partial charge is 0.481 e. The standard InChI is InChI=1S/C10H19NO4S/c1-4-10(3,9(12)13)7-11-5-8(2)6-16(11,14)15/h8H,4-7H2,1-3H3,(H,12,13). The number of carboxylic acid groups (broad SMARTS) is 1. The van der Waals surface area contributed by atoms with Gasteiger partial charge >= 0.3 is 5.97 Å². The van der Waals surface area contributed by atoms with Crippen LogP contribution in [-0.2, 0) is 14.8 Å². The van der Waals surface area contributed by atoms with Crippen molar-refractivity contribution in [2.24, 2.45) is 11.3 Å². The van der Waals surface area contributed by atoms with Crippen molar-refractivity contribution in [1.29, 1.82) is 0 Å². The smallest absolute Gasteiger partial charge is 0.310 e. The Balaban J connectivity index is 2.85. The summed E-state index contributed by atoms with van der Waals surface area (Å²) in [6, 6.07) is 0. The highest BCUT2D eigenvalue weighted by Crippen LogP contribution is 2.28. The van der Waals surface area contributed by atoms with E-state index < -0.39 is 21.4 Å². The average molecular weight is 249 g/mol. The van der Waals surface area contributed by atoms with E-state index in [0.717, 1.165) is 0 Å². The second-order valence-electron chi connectivity index (χ2n) is 4.90. The van der Waals surface area contributed by atoms with Crippen LogP contribution in [0.5, 0.6) is 0 Å². The molecule has 0 aromatic heterocycles. The first kappa shape index (κ1) is 13.4. The molecular weight excluding hydrogens is 230 g/mol. The highest BCUT2D eigenvalue weighted by molar-refractivity contribution is 7.89. The predicted molar refractivity (Wildman–Crippen MR) is 60.6 cm³/mol. The van der Waals surface area contributed by atoms with Crippen molar-refractivity contribution in [2.45, 2.75) is 27.2 Å². The third-order valence-electron chi connectivity index (χ3n) is 3.23. The van der Waals surface area contributed by atoms with Crippen molar-refractivity contribution >= 4 is 16.0 Å². The maximum absolute atomic E-state index is 11.7. The lowest BCUT2D eigenvalue weighted by atomic mass is 9.87. The molecule has 1 aliphatic rings. The van der Waals surface area contributed by atoms with Gasteiger partial charge in [0, 0.05) is 13.1 Å². The highest BCUT2D eigenvalue weighted by atomic mass is 32.2. The number of carboxylic acids is 1. The zero-order valence-corrected chi connectivity index (χ0v) is 10.7. The maximum atomic E-state index is 11.7. The van der Waals surface area contributed by atoms with Crippen LogP contribution in [0.15, 0.2) is 0 Å². The van der Waals surface area contributed by atoms with E-state index in [4.69, 9.17) is 5.11 Å². The molecule has 1 rings (SSSR count). The van der Waals surface area contributed by atoms with E-state index in [2.05, 4.69) is 0 Å². The zero-order chi connectivity index (χ0) is 12.6. The van der Waals surface area contributed by atoms with Gasteiger partial charge in [0.1, 0.15) is 0 Å². The van der Waals surface area contributed by atoms with Gasteiger partial charge in [-0.3, -0.25) is 4.79 Å². The van der Waals surface area contributed by atoms with E-state index in [-0.39, 0.29) is 18.2 Å². The Kier molecular flexibility index (Phi) is 3.64. The third-order valence-corrected chi connectivity index (χ3v) is 5.28. The van der Waals surface area contributed by atoms with E-state index in [9.17, 15) is 13.2 Å². The van der Waals surface area contributed by atoms with Gasteiger partial charge in [-0.25, -0.2) is 12.7 Å². The predicted octanol–water partition coefficient (Wildman–Crippen LogP) is 0.769. The van der Waals surface area contributed by atoms with Crippen LogP contribution in [0.4, 0.5) is 0 Å². The summed E-state index contributed by atoms with van der Waals surface area (Å²) in [5.74, 6) is -0.725. The van der Waals surface area contributed by atoms with Crippen molar-refractivity contribution in [1.82, 2.24) is 4.31 Å². The van der Waals surface area contributed by atoms with E-state index in [1.54, 1.807) is 13.8 Å². The van der Waals surface area contributed by atoms with Gasteiger partial charge in [0.25, 0.3) is 0 Å². The van der Waals surface area contributed by atoms with Gasteiger partial charge < -0.3 is 5.11 Å². The van der Waals surface area contributed by atoms with Gasteiger partial charge in [-0.1, -0.05) is 13.8 Å². The summed E-state index contributed by atoms with van der Waals surface area (Å²) in [5, 5.41) is 9.11. The lowest BCUT2D eigenvalue weighted by Crippen LogP contribution is -2.41. The summed E-state index contributed by atoms with van der Waals surface area (Å²) >= 11 is 0. The van der Waals surface area contributed by atoms with Gasteiger partial charge in [0.05, 0.1) is 11.2 Å². The van der Waals surface area contributed by atoms with E-state index in [1.807, 2.05) is 6.92 Å². The fourth-order valence-corrected chi connectivity index (χ4v) is 3.86. The quantitative estimate of drug-likeness (QED) is 0.798. The molecule has 2 unspecified atom stereocenters. The summed E-state index contributed by atoms with van der Waals surface area (Å²) in [4.78, 5) is 11.1. The molecule has 0 saturated carbocycles. The van der Waals surface area contributed by atoms with Gasteiger partial charge in [-0.05, 0) is 19.3 Å². The number of nitrogens with zero attached hydrogens (tertiary/aromatic N) is 1. The van der Waals surface area contributed by atoms with Crippen LogP contribution in [0.1, 0.15) is 27.2 Å². The minimum absolute atomic E-state index is 0.0749. The average Bonchev–Trinajstić information content (AvgIpc) is 2.39. The van der Waals surface area contributed by atoms with Gasteiger partial charge in [0.2, 0.25) is 10.0 Å². The van der Waals surface area contributed by atoms with Crippen LogP contribution in [0.25, 0.3) is 0 Å².